The van der Waals surface area contributed by atoms with Gasteiger partial charge in [-0.25, -0.2) is 0 Å². The molecule has 0 radical (unpaired) electrons. The van der Waals surface area contributed by atoms with E-state index in [1.165, 1.54) is 6.08 Å². The first kappa shape index (κ1) is 10.4. The predicted molar refractivity (Wildman–Crippen MR) is 61.0 cm³/mol. The van der Waals surface area contributed by atoms with Crippen LogP contribution in [0.15, 0.2) is 47.2 Å². The summed E-state index contributed by atoms with van der Waals surface area (Å²) < 4.78 is 5.32. The van der Waals surface area contributed by atoms with Crippen LogP contribution in [0.1, 0.15) is 21.9 Å². The van der Waals surface area contributed by atoms with E-state index in [0.29, 0.717) is 11.3 Å². The summed E-state index contributed by atoms with van der Waals surface area (Å²) in [4.78, 5) is 15.5. The number of hydrogen-bond donors (Lipinski definition) is 0. The van der Waals surface area contributed by atoms with E-state index in [1.807, 2.05) is 19.1 Å². The van der Waals surface area contributed by atoms with Gasteiger partial charge in [0.1, 0.15) is 11.5 Å². The zero-order valence-corrected chi connectivity index (χ0v) is 8.88. The molecule has 80 valence electrons. The van der Waals surface area contributed by atoms with Crippen LogP contribution in [-0.2, 0) is 0 Å². The van der Waals surface area contributed by atoms with Gasteiger partial charge in [-0.05, 0) is 43.3 Å². The third kappa shape index (κ3) is 2.45. The number of pyridine rings is 1. The Labute approximate surface area is 93.4 Å². The van der Waals surface area contributed by atoms with E-state index in [2.05, 4.69) is 4.98 Å². The van der Waals surface area contributed by atoms with Crippen molar-refractivity contribution in [2.24, 2.45) is 0 Å². The maximum Gasteiger partial charge on any atom is 0.187 e. The van der Waals surface area contributed by atoms with E-state index in [0.717, 1.165) is 5.76 Å². The maximum atomic E-state index is 11.7. The molecule has 3 heteroatoms. The molecule has 0 saturated carbocycles. The molecule has 16 heavy (non-hydrogen) atoms. The van der Waals surface area contributed by atoms with Gasteiger partial charge >= 0.3 is 0 Å². The van der Waals surface area contributed by atoms with Crippen molar-refractivity contribution in [3.63, 3.8) is 0 Å². The lowest BCUT2D eigenvalue weighted by Crippen LogP contribution is -1.93. The molecule has 3 nitrogen and oxygen atoms in total. The minimum absolute atomic E-state index is 0.0813. The Morgan fingerprint density at radius 1 is 1.38 bits per heavy atom. The second-order valence-corrected chi connectivity index (χ2v) is 3.39. The molecule has 0 aliphatic rings. The predicted octanol–water partition coefficient (Wildman–Crippen LogP) is 2.88. The standard InChI is InChI=1S/C13H11NO2/c1-10-4-5-12(16-10)6-7-13(15)11-3-2-8-14-9-11/h2-9H,1H3/b7-6+. The second-order valence-electron chi connectivity index (χ2n) is 3.39. The van der Waals surface area contributed by atoms with Crippen LogP contribution in [0.25, 0.3) is 6.08 Å². The number of ketones is 1. The fraction of sp³-hybridized carbons (Fsp3) is 0.0769. The van der Waals surface area contributed by atoms with Gasteiger partial charge < -0.3 is 4.42 Å². The molecular formula is C13H11NO2. The molecule has 2 aromatic heterocycles. The van der Waals surface area contributed by atoms with Gasteiger partial charge in [0.25, 0.3) is 0 Å². The molecule has 0 atom stereocenters. The Kier molecular flexibility index (Phi) is 2.96. The summed E-state index contributed by atoms with van der Waals surface area (Å²) in [6.07, 6.45) is 6.31. The number of furan rings is 1. The molecule has 0 fully saturated rings. The molecule has 0 N–H and O–H groups in total. The second kappa shape index (κ2) is 4.57. The normalized spacial score (nSPS) is 10.8. The summed E-state index contributed by atoms with van der Waals surface area (Å²) in [6.45, 7) is 1.86. The van der Waals surface area contributed by atoms with Crippen LogP contribution in [-0.4, -0.2) is 10.8 Å². The number of allylic oxidation sites excluding steroid dienone is 1. The molecule has 0 aromatic carbocycles. The van der Waals surface area contributed by atoms with Crippen LogP contribution in [0.3, 0.4) is 0 Å². The lowest BCUT2D eigenvalue weighted by molar-refractivity contribution is 0.104. The zero-order valence-electron chi connectivity index (χ0n) is 8.88. The van der Waals surface area contributed by atoms with E-state index in [1.54, 1.807) is 30.6 Å². The van der Waals surface area contributed by atoms with Crippen molar-refractivity contribution in [1.82, 2.24) is 4.98 Å². The highest BCUT2D eigenvalue weighted by molar-refractivity contribution is 6.06. The Bertz CT molecular complexity index is 512. The number of nitrogens with zero attached hydrogens (tertiary/aromatic N) is 1. The van der Waals surface area contributed by atoms with E-state index in [-0.39, 0.29) is 5.78 Å². The number of aryl methyl sites for hydroxylation is 1. The van der Waals surface area contributed by atoms with Crippen molar-refractivity contribution in [1.29, 1.82) is 0 Å². The lowest BCUT2D eigenvalue weighted by Gasteiger charge is -1.92. The van der Waals surface area contributed by atoms with Crippen LogP contribution in [0, 0.1) is 6.92 Å². The van der Waals surface area contributed by atoms with Gasteiger partial charge in [-0.15, -0.1) is 0 Å². The summed E-state index contributed by atoms with van der Waals surface area (Å²) in [5.74, 6) is 1.42. The first-order chi connectivity index (χ1) is 7.75. The van der Waals surface area contributed by atoms with Crippen LogP contribution < -0.4 is 0 Å². The van der Waals surface area contributed by atoms with E-state index >= 15 is 0 Å². The monoisotopic (exact) mass is 213 g/mol. The zero-order chi connectivity index (χ0) is 11.4. The highest BCUT2D eigenvalue weighted by atomic mass is 16.3. The number of carbonyl (C=O) groups is 1. The largest absolute Gasteiger partial charge is 0.462 e. The lowest BCUT2D eigenvalue weighted by atomic mass is 10.2. The molecule has 0 spiro atoms. The molecule has 2 heterocycles. The maximum absolute atomic E-state index is 11.7. The fourth-order valence-corrected chi connectivity index (χ4v) is 1.31. The Balaban J connectivity index is 2.11. The minimum Gasteiger partial charge on any atom is -0.462 e. The topological polar surface area (TPSA) is 43.1 Å². The van der Waals surface area contributed by atoms with Gasteiger partial charge in [0.15, 0.2) is 5.78 Å². The van der Waals surface area contributed by atoms with Gasteiger partial charge in [-0.2, -0.15) is 0 Å². The third-order valence-corrected chi connectivity index (χ3v) is 2.11. The smallest absolute Gasteiger partial charge is 0.187 e. The molecule has 0 amide bonds. The van der Waals surface area contributed by atoms with Crippen molar-refractivity contribution in [3.05, 3.63) is 59.8 Å². The first-order valence-electron chi connectivity index (χ1n) is 4.94. The highest BCUT2D eigenvalue weighted by Crippen LogP contribution is 2.09. The number of carbonyl (C=O) groups excluding carboxylic acids is 1. The molecular weight excluding hydrogens is 202 g/mol. The Hall–Kier alpha value is -2.16. The van der Waals surface area contributed by atoms with Crippen molar-refractivity contribution in [3.8, 4) is 0 Å². The Morgan fingerprint density at radius 3 is 2.88 bits per heavy atom. The van der Waals surface area contributed by atoms with E-state index in [4.69, 9.17) is 4.42 Å². The van der Waals surface area contributed by atoms with Crippen molar-refractivity contribution in [2.75, 3.05) is 0 Å². The average Bonchev–Trinajstić information content (AvgIpc) is 2.73. The first-order valence-corrected chi connectivity index (χ1v) is 4.94. The molecule has 2 aromatic rings. The van der Waals surface area contributed by atoms with Gasteiger partial charge in [-0.3, -0.25) is 9.78 Å². The average molecular weight is 213 g/mol. The molecule has 0 saturated heterocycles. The van der Waals surface area contributed by atoms with Gasteiger partial charge in [0, 0.05) is 18.0 Å². The van der Waals surface area contributed by atoms with Crippen LogP contribution in [0.4, 0.5) is 0 Å². The van der Waals surface area contributed by atoms with E-state index in [9.17, 15) is 4.79 Å². The third-order valence-electron chi connectivity index (χ3n) is 2.11. The van der Waals surface area contributed by atoms with Crippen LogP contribution in [0.2, 0.25) is 0 Å². The van der Waals surface area contributed by atoms with Crippen LogP contribution >= 0.6 is 0 Å². The molecule has 2 rings (SSSR count). The van der Waals surface area contributed by atoms with Crippen LogP contribution in [0.5, 0.6) is 0 Å². The number of hydrogen-bond acceptors (Lipinski definition) is 3. The van der Waals surface area contributed by atoms with Gasteiger partial charge in [0.05, 0.1) is 0 Å². The van der Waals surface area contributed by atoms with E-state index < -0.39 is 0 Å². The Morgan fingerprint density at radius 2 is 2.25 bits per heavy atom. The minimum atomic E-state index is -0.0813. The van der Waals surface area contributed by atoms with Crippen molar-refractivity contribution >= 4 is 11.9 Å². The summed E-state index contributed by atoms with van der Waals surface area (Å²) in [5, 5.41) is 0. The SMILES string of the molecule is Cc1ccc(/C=C/C(=O)c2cccnc2)o1. The highest BCUT2D eigenvalue weighted by Gasteiger charge is 2.00. The molecule has 0 bridgehead atoms. The number of aromatic nitrogens is 1. The quantitative estimate of drug-likeness (QED) is 0.581. The van der Waals surface area contributed by atoms with Crippen molar-refractivity contribution < 1.29 is 9.21 Å². The molecule has 0 unspecified atom stereocenters. The summed E-state index contributed by atoms with van der Waals surface area (Å²) in [6, 6.07) is 7.14. The molecule has 0 aliphatic carbocycles. The van der Waals surface area contributed by atoms with Gasteiger partial charge in [-0.1, -0.05) is 0 Å². The number of rotatable bonds is 3. The molecule has 0 aliphatic heterocycles. The summed E-state index contributed by atoms with van der Waals surface area (Å²) in [7, 11) is 0. The summed E-state index contributed by atoms with van der Waals surface area (Å²) in [5.41, 5.74) is 0.571. The fourth-order valence-electron chi connectivity index (χ4n) is 1.31. The van der Waals surface area contributed by atoms with Crippen molar-refractivity contribution in [2.45, 2.75) is 6.92 Å². The van der Waals surface area contributed by atoms with Gasteiger partial charge in [0.2, 0.25) is 0 Å². The summed E-state index contributed by atoms with van der Waals surface area (Å²) >= 11 is 0.